The van der Waals surface area contributed by atoms with Crippen LogP contribution in [-0.2, 0) is 9.47 Å². The minimum atomic E-state index is 0.123. The van der Waals surface area contributed by atoms with Crippen LogP contribution < -0.4 is 5.73 Å². The molecule has 0 aromatic carbocycles. The van der Waals surface area contributed by atoms with Gasteiger partial charge in [0.2, 0.25) is 0 Å². The van der Waals surface area contributed by atoms with E-state index < -0.39 is 0 Å². The number of thioether (sulfide) groups is 1. The lowest BCUT2D eigenvalue weighted by atomic mass is 9.84. The molecule has 0 bridgehead atoms. The van der Waals surface area contributed by atoms with Crippen LogP contribution in [0.5, 0.6) is 0 Å². The van der Waals surface area contributed by atoms with E-state index in [1.54, 1.807) is 0 Å². The van der Waals surface area contributed by atoms with Crippen LogP contribution in [0.25, 0.3) is 0 Å². The highest BCUT2D eigenvalue weighted by molar-refractivity contribution is 7.99. The van der Waals surface area contributed by atoms with Gasteiger partial charge in [0.15, 0.2) is 0 Å². The Hall–Kier alpha value is 0.190. The molecule has 5 heteroatoms. The van der Waals surface area contributed by atoms with Crippen molar-refractivity contribution in [1.82, 2.24) is 4.90 Å². The molecule has 0 aliphatic carbocycles. The third-order valence-electron chi connectivity index (χ3n) is 5.10. The van der Waals surface area contributed by atoms with Crippen molar-refractivity contribution in [2.24, 2.45) is 5.73 Å². The van der Waals surface area contributed by atoms with Gasteiger partial charge >= 0.3 is 0 Å². The van der Waals surface area contributed by atoms with Gasteiger partial charge in [0, 0.05) is 31.8 Å². The molecule has 3 saturated heterocycles. The number of nitrogens with zero attached hydrogens (tertiary/aromatic N) is 1. The van der Waals surface area contributed by atoms with Crippen molar-refractivity contribution < 1.29 is 9.47 Å². The number of morpholine rings is 1. The van der Waals surface area contributed by atoms with Gasteiger partial charge < -0.3 is 15.2 Å². The minimum Gasteiger partial charge on any atom is -0.375 e. The Balaban J connectivity index is 1.61. The molecule has 4 nitrogen and oxygen atoms in total. The summed E-state index contributed by atoms with van der Waals surface area (Å²) in [6.07, 6.45) is 5.04. The Bertz CT molecular complexity index is 315. The van der Waals surface area contributed by atoms with Gasteiger partial charge in [0.05, 0.1) is 18.3 Å². The van der Waals surface area contributed by atoms with E-state index in [2.05, 4.69) is 23.6 Å². The third kappa shape index (κ3) is 3.33. The first kappa shape index (κ1) is 15.1. The molecule has 3 heterocycles. The topological polar surface area (TPSA) is 47.7 Å². The summed E-state index contributed by atoms with van der Waals surface area (Å²) in [4.78, 5) is 2.61. The normalized spacial score (nSPS) is 36.9. The Morgan fingerprint density at radius 1 is 1.30 bits per heavy atom. The number of hydrogen-bond acceptors (Lipinski definition) is 5. The summed E-state index contributed by atoms with van der Waals surface area (Å²) in [6, 6.07) is 0.787. The number of hydrogen-bond donors (Lipinski definition) is 1. The van der Waals surface area contributed by atoms with Gasteiger partial charge in [-0.15, -0.1) is 0 Å². The number of rotatable bonds is 2. The second kappa shape index (κ2) is 6.53. The smallest absolute Gasteiger partial charge is 0.0850 e. The monoisotopic (exact) mass is 300 g/mol. The summed E-state index contributed by atoms with van der Waals surface area (Å²) in [5.41, 5.74) is 6.19. The van der Waals surface area contributed by atoms with Gasteiger partial charge in [-0.1, -0.05) is 0 Å². The highest BCUT2D eigenvalue weighted by atomic mass is 32.2. The predicted octanol–water partition coefficient (Wildman–Crippen LogP) is 1.48. The van der Waals surface area contributed by atoms with Crippen LogP contribution >= 0.6 is 11.8 Å². The molecule has 3 fully saturated rings. The van der Waals surface area contributed by atoms with E-state index in [-0.39, 0.29) is 17.7 Å². The molecule has 3 atom stereocenters. The molecule has 3 aliphatic heterocycles. The van der Waals surface area contributed by atoms with E-state index in [9.17, 15) is 0 Å². The third-order valence-corrected chi connectivity index (χ3v) is 6.08. The summed E-state index contributed by atoms with van der Waals surface area (Å²) in [6.45, 7) is 5.85. The molecule has 0 amide bonds. The summed E-state index contributed by atoms with van der Waals surface area (Å²) in [7, 11) is 0. The lowest BCUT2D eigenvalue weighted by Gasteiger charge is -2.48. The van der Waals surface area contributed by atoms with Gasteiger partial charge in [0.1, 0.15) is 0 Å². The van der Waals surface area contributed by atoms with Crippen LogP contribution in [-0.4, -0.2) is 66.5 Å². The quantitative estimate of drug-likeness (QED) is 0.837. The first-order valence-electron chi connectivity index (χ1n) is 8.01. The summed E-state index contributed by atoms with van der Waals surface area (Å²) < 4.78 is 12.0. The molecule has 3 rings (SSSR count). The van der Waals surface area contributed by atoms with E-state index in [0.717, 1.165) is 26.3 Å². The second-order valence-electron chi connectivity index (χ2n) is 6.55. The first-order chi connectivity index (χ1) is 9.69. The van der Waals surface area contributed by atoms with E-state index in [1.807, 2.05) is 0 Å². The largest absolute Gasteiger partial charge is 0.375 e. The Labute approximate surface area is 126 Å². The van der Waals surface area contributed by atoms with Crippen LogP contribution in [0, 0.1) is 0 Å². The number of ether oxygens (including phenoxy) is 2. The fraction of sp³-hybridized carbons (Fsp3) is 1.00. The maximum atomic E-state index is 6.21. The van der Waals surface area contributed by atoms with Crippen molar-refractivity contribution in [3.05, 3.63) is 0 Å². The summed E-state index contributed by atoms with van der Waals surface area (Å²) >= 11 is 2.07. The lowest BCUT2D eigenvalue weighted by Crippen LogP contribution is -2.56. The minimum absolute atomic E-state index is 0.123. The lowest BCUT2D eigenvalue weighted by molar-refractivity contribution is -0.128. The van der Waals surface area contributed by atoms with Crippen LogP contribution in [0.1, 0.15) is 32.6 Å². The maximum absolute atomic E-state index is 6.21. The van der Waals surface area contributed by atoms with Gasteiger partial charge in [0.25, 0.3) is 0 Å². The molecule has 0 radical (unpaired) electrons. The molecule has 0 saturated carbocycles. The molecule has 116 valence electrons. The van der Waals surface area contributed by atoms with Crippen molar-refractivity contribution in [3.8, 4) is 0 Å². The van der Waals surface area contributed by atoms with Gasteiger partial charge in [-0.05, 0) is 44.1 Å². The average molecular weight is 300 g/mol. The molecule has 0 aromatic heterocycles. The van der Waals surface area contributed by atoms with Crippen molar-refractivity contribution in [2.75, 3.05) is 37.8 Å². The van der Waals surface area contributed by atoms with Gasteiger partial charge in [-0.2, -0.15) is 11.8 Å². The van der Waals surface area contributed by atoms with E-state index in [4.69, 9.17) is 15.2 Å². The summed E-state index contributed by atoms with van der Waals surface area (Å²) in [5, 5.41) is 0. The van der Waals surface area contributed by atoms with Gasteiger partial charge in [-0.25, -0.2) is 0 Å². The van der Waals surface area contributed by atoms with Crippen molar-refractivity contribution in [1.29, 1.82) is 0 Å². The Kier molecular flexibility index (Phi) is 4.93. The van der Waals surface area contributed by atoms with E-state index >= 15 is 0 Å². The zero-order valence-electron chi connectivity index (χ0n) is 12.6. The first-order valence-corrected chi connectivity index (χ1v) is 9.17. The summed E-state index contributed by atoms with van der Waals surface area (Å²) in [5.74, 6) is 2.52. The predicted molar refractivity (Wildman–Crippen MR) is 83.2 cm³/mol. The molecule has 1 spiro atoms. The molecule has 0 aromatic rings. The van der Waals surface area contributed by atoms with Crippen LogP contribution in [0.2, 0.25) is 0 Å². The van der Waals surface area contributed by atoms with Crippen LogP contribution in [0.3, 0.4) is 0 Å². The fourth-order valence-corrected chi connectivity index (χ4v) is 4.99. The zero-order valence-corrected chi connectivity index (χ0v) is 13.4. The van der Waals surface area contributed by atoms with Gasteiger partial charge in [-0.3, -0.25) is 4.90 Å². The second-order valence-corrected chi connectivity index (χ2v) is 7.78. The Morgan fingerprint density at radius 3 is 2.85 bits per heavy atom. The SMILES string of the molecule is CC(N)C1CN(C2CCOC3(CCSCC3)C2)CCO1. The Morgan fingerprint density at radius 2 is 2.10 bits per heavy atom. The molecule has 3 aliphatic rings. The standard InChI is InChI=1S/C15H28N2O2S/c1-12(16)14-11-17(5-7-18-14)13-2-6-19-15(10-13)3-8-20-9-4-15/h12-14H,2-11,16H2,1H3. The van der Waals surface area contributed by atoms with E-state index in [1.165, 1.54) is 37.2 Å². The van der Waals surface area contributed by atoms with Crippen molar-refractivity contribution >= 4 is 11.8 Å². The molecule has 2 N–H and O–H groups in total. The van der Waals surface area contributed by atoms with Crippen LogP contribution in [0.15, 0.2) is 0 Å². The van der Waals surface area contributed by atoms with Crippen molar-refractivity contribution in [2.45, 2.75) is 56.4 Å². The molecular weight excluding hydrogens is 272 g/mol. The van der Waals surface area contributed by atoms with Crippen LogP contribution in [0.4, 0.5) is 0 Å². The maximum Gasteiger partial charge on any atom is 0.0850 e. The highest BCUT2D eigenvalue weighted by Gasteiger charge is 2.41. The molecule has 20 heavy (non-hydrogen) atoms. The van der Waals surface area contributed by atoms with Crippen molar-refractivity contribution in [3.63, 3.8) is 0 Å². The number of nitrogens with two attached hydrogens (primary N) is 1. The molecule has 3 unspecified atom stereocenters. The fourth-order valence-electron chi connectivity index (χ4n) is 3.75. The highest BCUT2D eigenvalue weighted by Crippen LogP contribution is 2.39. The van der Waals surface area contributed by atoms with E-state index in [0.29, 0.717) is 6.04 Å². The zero-order chi connectivity index (χ0) is 14.0. The average Bonchev–Trinajstić information content (AvgIpc) is 2.48. The molecular formula is C15H28N2O2S.